The van der Waals surface area contributed by atoms with E-state index in [4.69, 9.17) is 9.72 Å². The summed E-state index contributed by atoms with van der Waals surface area (Å²) in [5.41, 5.74) is 3.49. The average Bonchev–Trinajstić information content (AvgIpc) is 3.49. The third-order valence-corrected chi connectivity index (χ3v) is 8.89. The SMILES string of the molecule is CCC(NC(CC(C)C)=S(=O)=O)c1nc(-c2cc3c(Nc4ccc(OCc5cccc(F)c5)c(Br)c4)ncnc3cn2)cs1. The molecule has 9 nitrogen and oxygen atoms in total. The van der Waals surface area contributed by atoms with Gasteiger partial charge in [0.15, 0.2) is 0 Å². The molecule has 2 aromatic carbocycles. The number of rotatable bonds is 11. The smallest absolute Gasteiger partial charge is 0.228 e. The zero-order chi connectivity index (χ0) is 31.2. The van der Waals surface area contributed by atoms with Gasteiger partial charge in [-0.1, -0.05) is 32.9 Å². The van der Waals surface area contributed by atoms with Crippen molar-refractivity contribution in [2.24, 2.45) is 5.92 Å². The van der Waals surface area contributed by atoms with Crippen LogP contribution in [-0.4, -0.2) is 33.3 Å². The quantitative estimate of drug-likeness (QED) is 0.136. The van der Waals surface area contributed by atoms with Crippen LogP contribution in [0.5, 0.6) is 5.75 Å². The predicted octanol–water partition coefficient (Wildman–Crippen LogP) is 7.47. The van der Waals surface area contributed by atoms with Gasteiger partial charge in [-0.15, -0.1) is 11.3 Å². The Labute approximate surface area is 268 Å². The van der Waals surface area contributed by atoms with Crippen LogP contribution in [0.15, 0.2) is 70.9 Å². The van der Waals surface area contributed by atoms with Gasteiger partial charge in [-0.05, 0) is 76.7 Å². The van der Waals surface area contributed by atoms with E-state index >= 15 is 0 Å². The number of nitrogens with zero attached hydrogens (tertiary/aromatic N) is 4. The molecule has 0 saturated carbocycles. The van der Waals surface area contributed by atoms with Crippen LogP contribution in [0.4, 0.5) is 15.9 Å². The van der Waals surface area contributed by atoms with Crippen molar-refractivity contribution in [3.05, 3.63) is 87.3 Å². The molecule has 1 unspecified atom stereocenters. The second-order valence-electron chi connectivity index (χ2n) is 10.4. The number of hydrogen-bond acceptors (Lipinski definition) is 9. The van der Waals surface area contributed by atoms with E-state index in [2.05, 4.69) is 41.5 Å². The van der Waals surface area contributed by atoms with Crippen LogP contribution < -0.4 is 15.4 Å². The van der Waals surface area contributed by atoms with Gasteiger partial charge < -0.3 is 10.1 Å². The highest BCUT2D eigenvalue weighted by Crippen LogP contribution is 2.33. The Kier molecular flexibility index (Phi) is 10.3. The summed E-state index contributed by atoms with van der Waals surface area (Å²) in [7, 11) is -2.32. The molecular weight excluding hydrogens is 667 g/mol. The highest BCUT2D eigenvalue weighted by atomic mass is 79.9. The average molecular weight is 698 g/mol. The fraction of sp³-hybridized carbons (Fsp3) is 0.258. The van der Waals surface area contributed by atoms with Gasteiger partial charge in [0.2, 0.25) is 10.3 Å². The number of halogens is 2. The first kappa shape index (κ1) is 31.6. The number of hydrogen-bond donors (Lipinski definition) is 2. The Balaban J connectivity index is 1.35. The molecule has 13 heteroatoms. The van der Waals surface area contributed by atoms with Crippen LogP contribution in [0.25, 0.3) is 22.3 Å². The first-order chi connectivity index (χ1) is 21.2. The van der Waals surface area contributed by atoms with E-state index in [9.17, 15) is 12.8 Å². The minimum absolute atomic E-state index is 0.200. The van der Waals surface area contributed by atoms with Gasteiger partial charge >= 0.3 is 0 Å². The highest BCUT2D eigenvalue weighted by Gasteiger charge is 2.19. The van der Waals surface area contributed by atoms with Crippen molar-refractivity contribution >= 4 is 65.0 Å². The third-order valence-electron chi connectivity index (χ3n) is 6.62. The van der Waals surface area contributed by atoms with E-state index in [0.29, 0.717) is 41.3 Å². The van der Waals surface area contributed by atoms with Crippen LogP contribution in [0.1, 0.15) is 50.2 Å². The minimum Gasteiger partial charge on any atom is -0.488 e. The number of thiazole rings is 1. The summed E-state index contributed by atoms with van der Waals surface area (Å²) in [4.78, 5) is 18.5. The molecule has 0 saturated heterocycles. The van der Waals surface area contributed by atoms with Crippen molar-refractivity contribution in [2.45, 2.75) is 46.3 Å². The van der Waals surface area contributed by atoms with Gasteiger partial charge in [0, 0.05) is 16.5 Å². The summed E-state index contributed by atoms with van der Waals surface area (Å²) < 4.78 is 43.7. The fourth-order valence-electron chi connectivity index (χ4n) is 4.46. The second-order valence-corrected chi connectivity index (χ2v) is 13.1. The molecule has 0 aliphatic rings. The minimum atomic E-state index is -2.32. The molecule has 0 aliphatic carbocycles. The molecular formula is C31H30BrFN6O3S2. The number of ether oxygens (including phenoxy) is 1. The van der Waals surface area contributed by atoms with Crippen molar-refractivity contribution in [3.8, 4) is 17.1 Å². The van der Waals surface area contributed by atoms with Gasteiger partial charge in [0.25, 0.3) is 0 Å². The maximum absolute atomic E-state index is 13.5. The maximum Gasteiger partial charge on any atom is 0.228 e. The first-order valence-corrected chi connectivity index (χ1v) is 16.7. The number of pyridine rings is 1. The second kappa shape index (κ2) is 14.3. The van der Waals surface area contributed by atoms with Crippen molar-refractivity contribution < 1.29 is 17.5 Å². The summed E-state index contributed by atoms with van der Waals surface area (Å²) in [6.45, 7) is 6.19. The Bertz CT molecular complexity index is 1930. The lowest BCUT2D eigenvalue weighted by Crippen LogP contribution is -2.29. The molecule has 0 amide bonds. The van der Waals surface area contributed by atoms with E-state index in [1.807, 2.05) is 56.5 Å². The van der Waals surface area contributed by atoms with E-state index in [1.54, 1.807) is 12.3 Å². The lowest BCUT2D eigenvalue weighted by molar-refractivity contribution is 0.303. The Morgan fingerprint density at radius 2 is 1.93 bits per heavy atom. The number of fused-ring (bicyclic) bond motifs is 1. The standard InChI is InChI=1S/C31H30BrFN6O3S2/c1-4-24(38-29(44(40)41)10-18(2)3)31-39-27(16-43-31)25-13-22-26(14-34-25)35-17-36-30(22)37-21-8-9-28(23(32)12-21)42-15-19-6-5-7-20(33)11-19/h5-9,11-14,16-18,24,38H,4,10,15H2,1-3H3,(H,35,36,37). The van der Waals surface area contributed by atoms with Crippen molar-refractivity contribution in [1.82, 2.24) is 25.3 Å². The molecule has 3 heterocycles. The molecule has 0 spiro atoms. The fourth-order valence-corrected chi connectivity index (χ4v) is 6.61. The van der Waals surface area contributed by atoms with Crippen LogP contribution in [-0.2, 0) is 16.9 Å². The lowest BCUT2D eigenvalue weighted by atomic mass is 10.1. The van der Waals surface area contributed by atoms with Gasteiger partial charge in [-0.25, -0.2) is 19.3 Å². The summed E-state index contributed by atoms with van der Waals surface area (Å²) in [6.07, 6.45) is 4.26. The topological polar surface area (TPSA) is 119 Å². The summed E-state index contributed by atoms with van der Waals surface area (Å²) in [5.74, 6) is 1.11. The van der Waals surface area contributed by atoms with Crippen LogP contribution in [0, 0.1) is 11.7 Å². The third kappa shape index (κ3) is 7.83. The molecule has 5 aromatic rings. The van der Waals surface area contributed by atoms with E-state index < -0.39 is 10.3 Å². The monoisotopic (exact) mass is 696 g/mol. The number of aromatic nitrogens is 4. The molecule has 0 radical (unpaired) electrons. The summed E-state index contributed by atoms with van der Waals surface area (Å²) in [6, 6.07) is 13.5. The molecule has 1 atom stereocenters. The highest BCUT2D eigenvalue weighted by molar-refractivity contribution is 9.10. The van der Waals surface area contributed by atoms with Crippen molar-refractivity contribution in [2.75, 3.05) is 5.32 Å². The van der Waals surface area contributed by atoms with Crippen LogP contribution in [0.2, 0.25) is 0 Å². The molecule has 228 valence electrons. The summed E-state index contributed by atoms with van der Waals surface area (Å²) >= 11 is 5.02. The van der Waals surface area contributed by atoms with E-state index in [1.165, 1.54) is 29.8 Å². The first-order valence-electron chi connectivity index (χ1n) is 13.9. The molecule has 0 aliphatic heterocycles. The summed E-state index contributed by atoms with van der Waals surface area (Å²) in [5, 5.41) is 9.99. The molecule has 2 N–H and O–H groups in total. The lowest BCUT2D eigenvalue weighted by Gasteiger charge is -2.15. The normalized spacial score (nSPS) is 12.0. The zero-order valence-electron chi connectivity index (χ0n) is 24.2. The Hall–Kier alpha value is -3.78. The van der Waals surface area contributed by atoms with Crippen molar-refractivity contribution in [1.29, 1.82) is 0 Å². The largest absolute Gasteiger partial charge is 0.488 e. The van der Waals surface area contributed by atoms with Crippen molar-refractivity contribution in [3.63, 3.8) is 0 Å². The van der Waals surface area contributed by atoms with Crippen LogP contribution in [0.3, 0.4) is 0 Å². The number of benzene rings is 2. The maximum atomic E-state index is 13.5. The Morgan fingerprint density at radius 1 is 1.09 bits per heavy atom. The molecule has 5 rings (SSSR count). The van der Waals surface area contributed by atoms with Gasteiger partial charge in [0.05, 0.1) is 33.6 Å². The van der Waals surface area contributed by atoms with E-state index in [-0.39, 0.29) is 29.4 Å². The number of nitrogens with one attached hydrogen (secondary N) is 2. The van der Waals surface area contributed by atoms with Gasteiger partial charge in [0.1, 0.15) is 40.3 Å². The predicted molar refractivity (Wildman–Crippen MR) is 176 cm³/mol. The van der Waals surface area contributed by atoms with Gasteiger partial charge in [-0.3, -0.25) is 10.3 Å². The van der Waals surface area contributed by atoms with E-state index in [0.717, 1.165) is 26.1 Å². The molecule has 0 bridgehead atoms. The molecule has 44 heavy (non-hydrogen) atoms. The Morgan fingerprint density at radius 3 is 2.66 bits per heavy atom. The molecule has 3 aromatic heterocycles. The number of anilines is 2. The zero-order valence-corrected chi connectivity index (χ0v) is 27.4. The van der Waals surface area contributed by atoms with Gasteiger partial charge in [-0.2, -0.15) is 8.42 Å². The van der Waals surface area contributed by atoms with Crippen LogP contribution >= 0.6 is 27.3 Å². The molecule has 0 fully saturated rings.